The Balaban J connectivity index is 1.35. The lowest BCUT2D eigenvalue weighted by molar-refractivity contribution is 0.102. The van der Waals surface area contributed by atoms with Crippen LogP contribution in [-0.2, 0) is 0 Å². The summed E-state index contributed by atoms with van der Waals surface area (Å²) in [4.78, 5) is 14.4. The first-order valence-corrected chi connectivity index (χ1v) is 13.5. The van der Waals surface area contributed by atoms with Crippen molar-refractivity contribution < 1.29 is 14.6 Å². The van der Waals surface area contributed by atoms with Gasteiger partial charge in [-0.05, 0) is 47.9 Å². The van der Waals surface area contributed by atoms with Crippen molar-refractivity contribution >= 4 is 51.3 Å². The molecule has 1 amide bonds. The van der Waals surface area contributed by atoms with E-state index in [0.29, 0.717) is 33.9 Å². The van der Waals surface area contributed by atoms with Crippen molar-refractivity contribution in [1.29, 1.82) is 5.26 Å². The molecule has 0 radical (unpaired) electrons. The van der Waals surface area contributed by atoms with E-state index in [4.69, 9.17) is 4.74 Å². The van der Waals surface area contributed by atoms with Gasteiger partial charge in [-0.2, -0.15) is 10.4 Å². The number of nitrogens with zero attached hydrogens (tertiary/aromatic N) is 4. The number of para-hydroxylation sites is 1. The fourth-order valence-electron chi connectivity index (χ4n) is 4.74. The summed E-state index contributed by atoms with van der Waals surface area (Å²) in [5.74, 6) is 0.446. The van der Waals surface area contributed by atoms with Crippen LogP contribution in [0.5, 0.6) is 11.5 Å². The minimum absolute atomic E-state index is 0.0906. The monoisotopic (exact) mass is 563 g/mol. The van der Waals surface area contributed by atoms with E-state index in [-0.39, 0.29) is 16.8 Å². The van der Waals surface area contributed by atoms with Gasteiger partial charge in [0.15, 0.2) is 17.1 Å². The average Bonchev–Trinajstić information content (AvgIpc) is 3.63. The zero-order valence-corrected chi connectivity index (χ0v) is 22.9. The van der Waals surface area contributed by atoms with Gasteiger partial charge >= 0.3 is 0 Å². The van der Waals surface area contributed by atoms with E-state index in [9.17, 15) is 15.2 Å². The number of phenols is 1. The number of hydrogen-bond donors (Lipinski definition) is 4. The Bertz CT molecular complexity index is 1790. The maximum atomic E-state index is 13.3. The van der Waals surface area contributed by atoms with Gasteiger partial charge in [0, 0.05) is 23.0 Å². The molecule has 5 aromatic rings. The molecular formula is C30H25N7O3S. The molecule has 10 nitrogen and oxygen atoms in total. The van der Waals surface area contributed by atoms with E-state index < -0.39 is 5.91 Å². The predicted octanol–water partition coefficient (Wildman–Crippen LogP) is 6.01. The standard InChI is InChI=1S/C30H25N7O3S/c1-36(29-19(16-31)17-32-37(29)30-34-24-9-5-6-10-25(24)41-30)35-26-22-8-4-3-7-18(22)15-23(27(26)38)28(39)33-20-11-13-21(40-2)14-12-20/h3-15,17,30,34-35,38H,1-2H3,(H,33,39). The number of aromatic hydroxyl groups is 1. The molecule has 204 valence electrons. The number of ether oxygens (including phenoxy) is 1. The Morgan fingerprint density at radius 2 is 1.90 bits per heavy atom. The predicted molar refractivity (Wildman–Crippen MR) is 160 cm³/mol. The largest absolute Gasteiger partial charge is 0.505 e. The molecule has 0 saturated carbocycles. The van der Waals surface area contributed by atoms with Crippen molar-refractivity contribution in [2.24, 2.45) is 0 Å². The first-order chi connectivity index (χ1) is 20.0. The van der Waals surface area contributed by atoms with Crippen LogP contribution in [0.15, 0.2) is 90.0 Å². The summed E-state index contributed by atoms with van der Waals surface area (Å²) in [6.45, 7) is 0. The number of fused-ring (bicyclic) bond motifs is 2. The Labute approximate surface area is 240 Å². The lowest BCUT2D eigenvalue weighted by Gasteiger charge is -2.26. The van der Waals surface area contributed by atoms with Crippen LogP contribution in [0.1, 0.15) is 21.4 Å². The van der Waals surface area contributed by atoms with Crippen molar-refractivity contribution in [1.82, 2.24) is 9.78 Å². The summed E-state index contributed by atoms with van der Waals surface area (Å²) in [7, 11) is 3.31. The van der Waals surface area contributed by atoms with Crippen LogP contribution < -0.4 is 25.8 Å². The van der Waals surface area contributed by atoms with Crippen molar-refractivity contribution in [2.45, 2.75) is 10.4 Å². The Kier molecular flexibility index (Phi) is 6.74. The van der Waals surface area contributed by atoms with Gasteiger partial charge in [0.25, 0.3) is 5.91 Å². The molecule has 2 heterocycles. The number of carbonyl (C=O) groups excluding carboxylic acids is 1. The number of rotatable bonds is 7. The van der Waals surface area contributed by atoms with E-state index in [1.54, 1.807) is 65.9 Å². The smallest absolute Gasteiger partial charge is 0.259 e. The van der Waals surface area contributed by atoms with Crippen LogP contribution in [0.3, 0.4) is 0 Å². The maximum absolute atomic E-state index is 13.3. The number of amides is 1. The van der Waals surface area contributed by atoms with E-state index in [0.717, 1.165) is 16.0 Å². The maximum Gasteiger partial charge on any atom is 0.259 e. The van der Waals surface area contributed by atoms with E-state index in [1.807, 2.05) is 48.5 Å². The van der Waals surface area contributed by atoms with E-state index in [2.05, 4.69) is 27.2 Å². The molecule has 1 aliphatic rings. The summed E-state index contributed by atoms with van der Waals surface area (Å²) in [6.07, 6.45) is 1.51. The SMILES string of the molecule is COc1ccc(NC(=O)c2cc3ccccc3c(NN(C)c3c(C#N)cnn3C3Nc4ccccc4S3)c2O)cc1. The molecule has 0 saturated heterocycles. The molecule has 11 heteroatoms. The molecule has 41 heavy (non-hydrogen) atoms. The number of methoxy groups -OCH3 is 1. The van der Waals surface area contributed by atoms with Crippen LogP contribution in [0.25, 0.3) is 10.8 Å². The number of nitriles is 1. The fourth-order valence-corrected chi connectivity index (χ4v) is 5.83. The molecule has 0 spiro atoms. The first kappa shape index (κ1) is 25.9. The number of phenolic OH excluding ortho intramolecular Hbond substituents is 1. The minimum atomic E-state index is -0.476. The quantitative estimate of drug-likeness (QED) is 0.139. The molecular weight excluding hydrogens is 538 g/mol. The highest BCUT2D eigenvalue weighted by atomic mass is 32.2. The highest BCUT2D eigenvalue weighted by molar-refractivity contribution is 8.00. The van der Waals surface area contributed by atoms with Crippen LogP contribution in [0, 0.1) is 11.3 Å². The lowest BCUT2D eigenvalue weighted by atomic mass is 10.0. The zero-order chi connectivity index (χ0) is 28.5. The Hall–Kier alpha value is -5.34. The highest BCUT2D eigenvalue weighted by Crippen LogP contribution is 2.45. The third-order valence-corrected chi connectivity index (χ3v) is 7.88. The molecule has 1 unspecified atom stereocenters. The summed E-state index contributed by atoms with van der Waals surface area (Å²) >= 11 is 1.58. The molecule has 1 aromatic heterocycles. The summed E-state index contributed by atoms with van der Waals surface area (Å²) < 4.78 is 6.90. The molecule has 0 aliphatic carbocycles. The van der Waals surface area contributed by atoms with Gasteiger partial charge in [0.2, 0.25) is 0 Å². The molecule has 1 atom stereocenters. The number of anilines is 4. The van der Waals surface area contributed by atoms with Gasteiger partial charge in [-0.15, -0.1) is 0 Å². The molecule has 6 rings (SSSR count). The normalized spacial score (nSPS) is 13.6. The van der Waals surface area contributed by atoms with Crippen LogP contribution in [0.4, 0.5) is 22.9 Å². The van der Waals surface area contributed by atoms with Crippen molar-refractivity contribution in [3.63, 3.8) is 0 Å². The third kappa shape index (κ3) is 4.81. The second kappa shape index (κ2) is 10.7. The van der Waals surface area contributed by atoms with Crippen molar-refractivity contribution in [2.75, 3.05) is 35.2 Å². The molecule has 0 bridgehead atoms. The minimum Gasteiger partial charge on any atom is -0.505 e. The fraction of sp³-hybridized carbons (Fsp3) is 0.100. The Morgan fingerprint density at radius 1 is 1.15 bits per heavy atom. The number of hydrogen-bond acceptors (Lipinski definition) is 9. The third-order valence-electron chi connectivity index (χ3n) is 6.73. The molecule has 0 fully saturated rings. The first-order valence-electron chi connectivity index (χ1n) is 12.7. The van der Waals surface area contributed by atoms with Crippen molar-refractivity contribution in [3.05, 3.63) is 96.2 Å². The summed E-state index contributed by atoms with van der Waals surface area (Å²) in [6, 6.07) is 26.2. The molecule has 4 N–H and O–H groups in total. The second-order valence-electron chi connectivity index (χ2n) is 9.27. The van der Waals surface area contributed by atoms with Crippen LogP contribution in [-0.4, -0.2) is 35.0 Å². The number of benzene rings is 4. The van der Waals surface area contributed by atoms with Gasteiger partial charge in [0.1, 0.15) is 23.1 Å². The van der Waals surface area contributed by atoms with E-state index >= 15 is 0 Å². The number of aromatic nitrogens is 2. The second-order valence-corrected chi connectivity index (χ2v) is 10.4. The van der Waals surface area contributed by atoms with Crippen molar-refractivity contribution in [3.8, 4) is 17.6 Å². The van der Waals surface area contributed by atoms with Gasteiger partial charge in [-0.25, -0.2) is 4.68 Å². The van der Waals surface area contributed by atoms with Gasteiger partial charge in [-0.3, -0.25) is 15.2 Å². The van der Waals surface area contributed by atoms with Gasteiger partial charge in [0.05, 0.1) is 24.6 Å². The number of carbonyl (C=O) groups is 1. The molecule has 4 aromatic carbocycles. The van der Waals surface area contributed by atoms with Crippen LogP contribution >= 0.6 is 11.8 Å². The van der Waals surface area contributed by atoms with Gasteiger partial charge < -0.3 is 20.5 Å². The number of nitrogens with one attached hydrogen (secondary N) is 3. The Morgan fingerprint density at radius 3 is 2.66 bits per heavy atom. The average molecular weight is 564 g/mol. The highest BCUT2D eigenvalue weighted by Gasteiger charge is 2.29. The number of hydrazine groups is 1. The number of thioether (sulfide) groups is 1. The topological polar surface area (TPSA) is 127 Å². The summed E-state index contributed by atoms with van der Waals surface area (Å²) in [5.41, 5.74) is 5.23. The van der Waals surface area contributed by atoms with Gasteiger partial charge in [-0.1, -0.05) is 48.2 Å². The molecule has 1 aliphatic heterocycles. The van der Waals surface area contributed by atoms with Crippen LogP contribution in [0.2, 0.25) is 0 Å². The lowest BCUT2D eigenvalue weighted by Crippen LogP contribution is -2.30. The zero-order valence-electron chi connectivity index (χ0n) is 22.1. The van der Waals surface area contributed by atoms with E-state index in [1.165, 1.54) is 6.20 Å². The summed E-state index contributed by atoms with van der Waals surface area (Å²) in [5, 5.41) is 35.1.